The number of rotatable bonds is 6. The van der Waals surface area contributed by atoms with E-state index in [4.69, 9.17) is 11.6 Å². The maximum Gasteiger partial charge on any atom is 0.254 e. The van der Waals surface area contributed by atoms with Crippen molar-refractivity contribution in [2.75, 3.05) is 19.5 Å². The summed E-state index contributed by atoms with van der Waals surface area (Å²) in [5.74, 6) is 0.824. The molecule has 90 valence electrons. The predicted molar refractivity (Wildman–Crippen MR) is 78.6 cm³/mol. The van der Waals surface area contributed by atoms with Crippen molar-refractivity contribution in [3.63, 3.8) is 0 Å². The average Bonchev–Trinajstić information content (AvgIpc) is 2.70. The first kappa shape index (κ1) is 14.3. The molecule has 0 aromatic carbocycles. The Balaban J connectivity index is 2.36. The van der Waals surface area contributed by atoms with Crippen molar-refractivity contribution in [1.29, 1.82) is 0 Å². The first-order chi connectivity index (χ1) is 7.65. The van der Waals surface area contributed by atoms with E-state index in [1.807, 2.05) is 18.5 Å². The summed E-state index contributed by atoms with van der Waals surface area (Å²) in [7, 11) is 1.85. The number of carbonyl (C=O) groups excluding carboxylic acids is 1. The van der Waals surface area contributed by atoms with Gasteiger partial charge in [0.15, 0.2) is 0 Å². The molecule has 1 aromatic heterocycles. The molecule has 0 saturated carbocycles. The number of amides is 1. The van der Waals surface area contributed by atoms with Gasteiger partial charge in [-0.2, -0.15) is 0 Å². The second-order valence-corrected chi connectivity index (χ2v) is 6.80. The zero-order valence-electron chi connectivity index (χ0n) is 9.21. The highest BCUT2D eigenvalue weighted by Crippen LogP contribution is 2.17. The molecule has 1 heterocycles. The van der Waals surface area contributed by atoms with Gasteiger partial charge < -0.3 is 4.90 Å². The van der Waals surface area contributed by atoms with E-state index in [0.717, 1.165) is 34.3 Å². The topological polar surface area (TPSA) is 20.3 Å². The molecule has 0 aliphatic heterocycles. The van der Waals surface area contributed by atoms with Crippen molar-refractivity contribution in [3.8, 4) is 0 Å². The van der Waals surface area contributed by atoms with Gasteiger partial charge in [0.05, 0.1) is 8.45 Å². The van der Waals surface area contributed by atoms with Gasteiger partial charge in [-0.15, -0.1) is 22.9 Å². The number of alkyl halides is 1. The molecule has 1 aromatic rings. The fourth-order valence-corrected chi connectivity index (χ4v) is 2.87. The fraction of sp³-hybridized carbons (Fsp3) is 0.545. The first-order valence-electron chi connectivity index (χ1n) is 5.20. The second kappa shape index (κ2) is 7.50. The maximum absolute atomic E-state index is 11.9. The molecule has 2 nitrogen and oxygen atoms in total. The lowest BCUT2D eigenvalue weighted by Crippen LogP contribution is -2.27. The van der Waals surface area contributed by atoms with Crippen LogP contribution >= 0.6 is 45.5 Å². The average molecular weight is 372 g/mol. The molecular formula is C11H15ClINOS. The van der Waals surface area contributed by atoms with Crippen molar-refractivity contribution in [2.45, 2.75) is 19.3 Å². The van der Waals surface area contributed by atoms with Crippen LogP contribution in [0.1, 0.15) is 29.6 Å². The molecule has 0 atom stereocenters. The van der Waals surface area contributed by atoms with Crippen molar-refractivity contribution in [3.05, 3.63) is 19.9 Å². The van der Waals surface area contributed by atoms with Crippen LogP contribution in [-0.2, 0) is 0 Å². The largest absolute Gasteiger partial charge is 0.342 e. The van der Waals surface area contributed by atoms with Gasteiger partial charge in [0.25, 0.3) is 5.91 Å². The monoisotopic (exact) mass is 371 g/mol. The summed E-state index contributed by atoms with van der Waals surface area (Å²) in [4.78, 5) is 13.7. The van der Waals surface area contributed by atoms with E-state index in [2.05, 4.69) is 22.6 Å². The molecular weight excluding hydrogens is 357 g/mol. The van der Waals surface area contributed by atoms with E-state index in [1.54, 1.807) is 16.2 Å². The Kier molecular flexibility index (Phi) is 6.68. The Morgan fingerprint density at radius 1 is 1.50 bits per heavy atom. The van der Waals surface area contributed by atoms with Crippen LogP contribution in [0.4, 0.5) is 0 Å². The Morgan fingerprint density at radius 2 is 2.25 bits per heavy atom. The number of thiophene rings is 1. The van der Waals surface area contributed by atoms with Crippen LogP contribution in [0.15, 0.2) is 11.4 Å². The van der Waals surface area contributed by atoms with Gasteiger partial charge in [0.2, 0.25) is 0 Å². The summed E-state index contributed by atoms with van der Waals surface area (Å²) in [5.41, 5.74) is 0.800. The molecule has 0 bridgehead atoms. The Morgan fingerprint density at radius 3 is 2.81 bits per heavy atom. The molecule has 0 radical (unpaired) electrons. The minimum atomic E-state index is 0.116. The minimum Gasteiger partial charge on any atom is -0.342 e. The summed E-state index contributed by atoms with van der Waals surface area (Å²) in [6.07, 6.45) is 3.14. The fourth-order valence-electron chi connectivity index (χ4n) is 1.36. The summed E-state index contributed by atoms with van der Waals surface area (Å²) >= 11 is 9.43. The number of halogens is 2. The van der Waals surface area contributed by atoms with Gasteiger partial charge in [-0.05, 0) is 41.5 Å². The molecule has 0 unspecified atom stereocenters. The van der Waals surface area contributed by atoms with E-state index >= 15 is 0 Å². The highest BCUT2D eigenvalue weighted by molar-refractivity contribution is 14.1. The van der Waals surface area contributed by atoms with Gasteiger partial charge in [-0.25, -0.2) is 0 Å². The van der Waals surface area contributed by atoms with Crippen molar-refractivity contribution >= 4 is 51.4 Å². The molecule has 0 N–H and O–H groups in total. The van der Waals surface area contributed by atoms with Gasteiger partial charge in [0, 0.05) is 24.9 Å². The molecule has 0 spiro atoms. The van der Waals surface area contributed by atoms with Gasteiger partial charge >= 0.3 is 0 Å². The van der Waals surface area contributed by atoms with Crippen LogP contribution in [0.25, 0.3) is 0 Å². The summed E-state index contributed by atoms with van der Waals surface area (Å²) in [6.45, 7) is 0.808. The molecule has 0 saturated heterocycles. The summed E-state index contributed by atoms with van der Waals surface area (Å²) in [5, 5.41) is 1.92. The molecule has 0 fully saturated rings. The second-order valence-electron chi connectivity index (χ2n) is 3.62. The summed E-state index contributed by atoms with van der Waals surface area (Å²) in [6, 6.07) is 1.93. The van der Waals surface area contributed by atoms with Crippen LogP contribution in [0, 0.1) is 2.88 Å². The van der Waals surface area contributed by atoms with Crippen molar-refractivity contribution in [1.82, 2.24) is 4.90 Å². The normalized spacial score (nSPS) is 10.4. The lowest BCUT2D eigenvalue weighted by Gasteiger charge is -2.15. The van der Waals surface area contributed by atoms with Gasteiger partial charge in [-0.1, -0.05) is 6.42 Å². The Labute approximate surface area is 119 Å². The molecule has 0 aliphatic rings. The molecule has 16 heavy (non-hydrogen) atoms. The molecule has 1 amide bonds. The minimum absolute atomic E-state index is 0.116. The van der Waals surface area contributed by atoms with Crippen LogP contribution < -0.4 is 0 Å². The lowest BCUT2D eigenvalue weighted by atomic mass is 10.2. The van der Waals surface area contributed by atoms with E-state index in [-0.39, 0.29) is 5.91 Å². The van der Waals surface area contributed by atoms with E-state index < -0.39 is 0 Å². The van der Waals surface area contributed by atoms with E-state index in [0.29, 0.717) is 5.88 Å². The number of nitrogens with zero attached hydrogens (tertiary/aromatic N) is 1. The number of hydrogen-bond donors (Lipinski definition) is 0. The van der Waals surface area contributed by atoms with E-state index in [9.17, 15) is 4.79 Å². The van der Waals surface area contributed by atoms with Gasteiger partial charge in [0.1, 0.15) is 0 Å². The zero-order chi connectivity index (χ0) is 12.0. The van der Waals surface area contributed by atoms with Crippen molar-refractivity contribution < 1.29 is 4.79 Å². The van der Waals surface area contributed by atoms with Crippen LogP contribution in [0.5, 0.6) is 0 Å². The Bertz CT molecular complexity index is 342. The highest BCUT2D eigenvalue weighted by Gasteiger charge is 2.12. The first-order valence-corrected chi connectivity index (χ1v) is 7.70. The zero-order valence-corrected chi connectivity index (χ0v) is 12.9. The van der Waals surface area contributed by atoms with E-state index in [1.165, 1.54) is 0 Å². The van der Waals surface area contributed by atoms with Gasteiger partial charge in [-0.3, -0.25) is 4.79 Å². The molecule has 0 aliphatic carbocycles. The Hall–Kier alpha value is 0.190. The smallest absolute Gasteiger partial charge is 0.254 e. The summed E-state index contributed by atoms with van der Waals surface area (Å²) < 4.78 is 1.15. The molecule has 1 rings (SSSR count). The number of carbonyl (C=O) groups is 1. The van der Waals surface area contributed by atoms with Crippen molar-refractivity contribution in [2.24, 2.45) is 0 Å². The molecule has 5 heteroatoms. The third kappa shape index (κ3) is 4.59. The SMILES string of the molecule is CN(CCCCCCl)C(=O)c1csc(I)c1. The highest BCUT2D eigenvalue weighted by atomic mass is 127. The standard InChI is InChI=1S/C11H15ClINOS/c1-14(6-4-2-3-5-12)11(15)9-7-10(13)16-8-9/h7-8H,2-6H2,1H3. The number of hydrogen-bond acceptors (Lipinski definition) is 2. The quantitative estimate of drug-likeness (QED) is 0.423. The third-order valence-corrected chi connectivity index (χ3v) is 4.34. The third-order valence-electron chi connectivity index (χ3n) is 2.29. The van der Waals surface area contributed by atoms with Crippen LogP contribution in [0.2, 0.25) is 0 Å². The predicted octanol–water partition coefficient (Wildman–Crippen LogP) is 3.83. The van der Waals surface area contributed by atoms with Crippen LogP contribution in [0.3, 0.4) is 0 Å². The lowest BCUT2D eigenvalue weighted by molar-refractivity contribution is 0.0793. The number of unbranched alkanes of at least 4 members (excludes halogenated alkanes) is 2. The maximum atomic E-state index is 11.9. The van der Waals surface area contributed by atoms with Crippen LogP contribution in [-0.4, -0.2) is 30.3 Å².